The molecule has 3 aromatic carbocycles. The van der Waals surface area contributed by atoms with Gasteiger partial charge in [0.25, 0.3) is 0 Å². The molecule has 38 heavy (non-hydrogen) atoms. The molecule has 0 fully saturated rings. The Balaban J connectivity index is 1.74. The van der Waals surface area contributed by atoms with Gasteiger partial charge < -0.3 is 14.4 Å². The van der Waals surface area contributed by atoms with Gasteiger partial charge in [-0.3, -0.25) is 0 Å². The zero-order valence-electron chi connectivity index (χ0n) is 23.1. The Bertz CT molecular complexity index is 1430. The van der Waals surface area contributed by atoms with Crippen LogP contribution in [0, 0.1) is 5.92 Å². The molecule has 0 unspecified atom stereocenters. The van der Waals surface area contributed by atoms with Crippen LogP contribution < -0.4 is 9.80 Å². The molecule has 0 saturated heterocycles. The van der Waals surface area contributed by atoms with Gasteiger partial charge in [-0.05, 0) is 29.5 Å². The Morgan fingerprint density at radius 1 is 0.789 bits per heavy atom. The smallest absolute Gasteiger partial charge is 0.206 e. The molecule has 2 aromatic heterocycles. The standard InChI is InChI=1S/C33H39N5/c1-5-6-21-36(4)33-35-30-31(38(33)22-25(2)3)28-19-13-14-20-29(28)34-32(30)37(23-26-15-9-7-10-16-26)24-27-17-11-8-12-18-27/h7-20,25H,5-6,21-24H2,1-4H3. The molecule has 0 spiro atoms. The first kappa shape index (κ1) is 25.8. The summed E-state index contributed by atoms with van der Waals surface area (Å²) in [6, 6.07) is 29.9. The summed E-state index contributed by atoms with van der Waals surface area (Å²) in [7, 11) is 2.18. The minimum atomic E-state index is 0.492. The molecule has 0 aliphatic heterocycles. The van der Waals surface area contributed by atoms with Crippen LogP contribution in [0.3, 0.4) is 0 Å². The van der Waals surface area contributed by atoms with Crippen molar-refractivity contribution in [3.8, 4) is 0 Å². The molecule has 5 nitrogen and oxygen atoms in total. The van der Waals surface area contributed by atoms with Gasteiger partial charge in [0.05, 0.1) is 11.0 Å². The second kappa shape index (κ2) is 11.7. The lowest BCUT2D eigenvalue weighted by molar-refractivity contribution is 0.530. The number of imidazole rings is 1. The van der Waals surface area contributed by atoms with Crippen molar-refractivity contribution in [2.24, 2.45) is 5.92 Å². The maximum atomic E-state index is 5.36. The van der Waals surface area contributed by atoms with Crippen molar-refractivity contribution in [1.29, 1.82) is 0 Å². The van der Waals surface area contributed by atoms with Gasteiger partial charge in [0, 0.05) is 38.6 Å². The van der Waals surface area contributed by atoms with E-state index in [1.807, 2.05) is 0 Å². The van der Waals surface area contributed by atoms with Gasteiger partial charge in [-0.25, -0.2) is 9.97 Å². The predicted molar refractivity (Wildman–Crippen MR) is 161 cm³/mol. The topological polar surface area (TPSA) is 37.2 Å². The lowest BCUT2D eigenvalue weighted by Gasteiger charge is -2.25. The Morgan fingerprint density at radius 3 is 2.00 bits per heavy atom. The number of pyridine rings is 1. The fourth-order valence-electron chi connectivity index (χ4n) is 5.17. The number of nitrogens with zero attached hydrogens (tertiary/aromatic N) is 5. The lowest BCUT2D eigenvalue weighted by atomic mass is 10.1. The van der Waals surface area contributed by atoms with Crippen molar-refractivity contribution in [2.45, 2.75) is 53.2 Å². The minimum Gasteiger partial charge on any atom is -0.346 e. The van der Waals surface area contributed by atoms with E-state index in [-0.39, 0.29) is 0 Å². The number of fused-ring (bicyclic) bond motifs is 3. The number of rotatable bonds is 11. The van der Waals surface area contributed by atoms with E-state index < -0.39 is 0 Å². The van der Waals surface area contributed by atoms with E-state index in [1.54, 1.807) is 0 Å². The molecule has 5 aromatic rings. The third-order valence-electron chi connectivity index (χ3n) is 7.01. The first-order valence-corrected chi connectivity index (χ1v) is 13.9. The first-order valence-electron chi connectivity index (χ1n) is 13.9. The fourth-order valence-corrected chi connectivity index (χ4v) is 5.17. The van der Waals surface area contributed by atoms with Crippen LogP contribution in [0.15, 0.2) is 84.9 Å². The maximum absolute atomic E-state index is 5.36. The van der Waals surface area contributed by atoms with Crippen LogP contribution in [0.5, 0.6) is 0 Å². The van der Waals surface area contributed by atoms with Gasteiger partial charge in [-0.1, -0.05) is 106 Å². The van der Waals surface area contributed by atoms with E-state index >= 15 is 0 Å². The van der Waals surface area contributed by atoms with Crippen LogP contribution in [0.4, 0.5) is 11.8 Å². The van der Waals surface area contributed by atoms with E-state index in [4.69, 9.17) is 9.97 Å². The summed E-state index contributed by atoms with van der Waals surface area (Å²) < 4.78 is 2.44. The number of anilines is 2. The van der Waals surface area contributed by atoms with Crippen LogP contribution >= 0.6 is 0 Å². The monoisotopic (exact) mass is 505 g/mol. The van der Waals surface area contributed by atoms with Gasteiger partial charge in [0.2, 0.25) is 5.95 Å². The molecular weight excluding hydrogens is 466 g/mol. The van der Waals surface area contributed by atoms with Gasteiger partial charge >= 0.3 is 0 Å². The van der Waals surface area contributed by atoms with Crippen LogP contribution in [0.25, 0.3) is 21.9 Å². The molecule has 0 amide bonds. The molecule has 196 valence electrons. The maximum Gasteiger partial charge on any atom is 0.206 e. The largest absolute Gasteiger partial charge is 0.346 e. The summed E-state index contributed by atoms with van der Waals surface area (Å²) in [4.78, 5) is 15.4. The average Bonchev–Trinajstić information content (AvgIpc) is 3.31. The van der Waals surface area contributed by atoms with Crippen LogP contribution in [-0.2, 0) is 19.6 Å². The quantitative estimate of drug-likeness (QED) is 0.184. The van der Waals surface area contributed by atoms with Gasteiger partial charge in [0.15, 0.2) is 5.82 Å². The Labute approximate surface area is 226 Å². The van der Waals surface area contributed by atoms with Gasteiger partial charge in [-0.2, -0.15) is 0 Å². The molecule has 0 atom stereocenters. The van der Waals surface area contributed by atoms with E-state index in [0.29, 0.717) is 5.92 Å². The van der Waals surface area contributed by atoms with Crippen molar-refractivity contribution in [2.75, 3.05) is 23.4 Å². The zero-order valence-corrected chi connectivity index (χ0v) is 23.1. The molecule has 0 saturated carbocycles. The second-order valence-corrected chi connectivity index (χ2v) is 10.7. The van der Waals surface area contributed by atoms with Crippen LogP contribution in [-0.4, -0.2) is 28.1 Å². The molecule has 0 aliphatic carbocycles. The Hall–Kier alpha value is -3.86. The highest BCUT2D eigenvalue weighted by Crippen LogP contribution is 2.36. The molecule has 2 heterocycles. The predicted octanol–water partition coefficient (Wildman–Crippen LogP) is 7.68. The second-order valence-electron chi connectivity index (χ2n) is 10.7. The Morgan fingerprint density at radius 2 is 1.39 bits per heavy atom. The molecule has 5 rings (SSSR count). The number of para-hydroxylation sites is 1. The first-order chi connectivity index (χ1) is 18.5. The highest BCUT2D eigenvalue weighted by molar-refractivity contribution is 6.08. The summed E-state index contributed by atoms with van der Waals surface area (Å²) in [5, 5.41) is 1.16. The summed E-state index contributed by atoms with van der Waals surface area (Å²) >= 11 is 0. The van der Waals surface area contributed by atoms with Crippen LogP contribution in [0.2, 0.25) is 0 Å². The van der Waals surface area contributed by atoms with E-state index in [9.17, 15) is 0 Å². The van der Waals surface area contributed by atoms with Crippen molar-refractivity contribution < 1.29 is 0 Å². The van der Waals surface area contributed by atoms with Crippen molar-refractivity contribution in [3.05, 3.63) is 96.1 Å². The summed E-state index contributed by atoms with van der Waals surface area (Å²) in [5.41, 5.74) is 5.69. The molecular formula is C33H39N5. The number of benzene rings is 3. The third-order valence-corrected chi connectivity index (χ3v) is 7.01. The van der Waals surface area contributed by atoms with E-state index in [1.165, 1.54) is 16.6 Å². The zero-order chi connectivity index (χ0) is 26.5. The summed E-state index contributed by atoms with van der Waals surface area (Å²) in [6.45, 7) is 10.2. The highest BCUT2D eigenvalue weighted by atomic mass is 15.3. The minimum absolute atomic E-state index is 0.492. The van der Waals surface area contributed by atoms with E-state index in [0.717, 1.165) is 67.2 Å². The number of hydrogen-bond donors (Lipinski definition) is 0. The molecule has 0 N–H and O–H groups in total. The molecule has 0 radical (unpaired) electrons. The summed E-state index contributed by atoms with van der Waals surface area (Å²) in [6.07, 6.45) is 2.30. The molecule has 0 aliphatic rings. The number of hydrogen-bond acceptors (Lipinski definition) is 4. The summed E-state index contributed by atoms with van der Waals surface area (Å²) in [5.74, 6) is 2.46. The third kappa shape index (κ3) is 5.52. The number of unbranched alkanes of at least 4 members (excludes halogenated alkanes) is 1. The van der Waals surface area contributed by atoms with Crippen LogP contribution in [0.1, 0.15) is 44.7 Å². The van der Waals surface area contributed by atoms with Crippen molar-refractivity contribution in [1.82, 2.24) is 14.5 Å². The number of aromatic nitrogens is 3. The Kier molecular flexibility index (Phi) is 7.92. The molecule has 5 heteroatoms. The molecule has 0 bridgehead atoms. The highest BCUT2D eigenvalue weighted by Gasteiger charge is 2.24. The SMILES string of the molecule is CCCCN(C)c1nc2c(N(Cc3ccccc3)Cc3ccccc3)nc3ccccc3c2n1CC(C)C. The lowest BCUT2D eigenvalue weighted by Crippen LogP contribution is -2.23. The normalized spacial score (nSPS) is 11.5. The van der Waals surface area contributed by atoms with E-state index in [2.05, 4.69) is 127 Å². The van der Waals surface area contributed by atoms with Crippen molar-refractivity contribution >= 4 is 33.7 Å². The van der Waals surface area contributed by atoms with Gasteiger partial charge in [0.1, 0.15) is 5.52 Å². The fraction of sp³-hybridized carbons (Fsp3) is 0.333. The van der Waals surface area contributed by atoms with Gasteiger partial charge in [-0.15, -0.1) is 0 Å². The van der Waals surface area contributed by atoms with Crippen molar-refractivity contribution in [3.63, 3.8) is 0 Å². The average molecular weight is 506 g/mol.